The van der Waals surface area contributed by atoms with Gasteiger partial charge in [0.1, 0.15) is 5.75 Å². The number of aliphatic hydroxyl groups is 1. The van der Waals surface area contributed by atoms with Gasteiger partial charge in [0, 0.05) is 0 Å². The highest BCUT2D eigenvalue weighted by molar-refractivity contribution is 5.42. The van der Waals surface area contributed by atoms with E-state index in [-0.39, 0.29) is 12.4 Å². The number of phenols is 1. The third-order valence-electron chi connectivity index (χ3n) is 2.45. The summed E-state index contributed by atoms with van der Waals surface area (Å²) in [5, 5.41) is 18.8. The molecule has 0 fully saturated rings. The summed E-state index contributed by atoms with van der Waals surface area (Å²) in [5.41, 5.74) is 6.75. The first kappa shape index (κ1) is 11.0. The van der Waals surface area contributed by atoms with E-state index in [9.17, 15) is 5.11 Å². The lowest BCUT2D eigenvalue weighted by Gasteiger charge is -2.25. The molecule has 0 saturated carbocycles. The first-order valence-corrected chi connectivity index (χ1v) is 4.74. The number of benzene rings is 1. The van der Waals surface area contributed by atoms with Gasteiger partial charge in [0.25, 0.3) is 0 Å². The van der Waals surface area contributed by atoms with Crippen LogP contribution in [0.5, 0.6) is 5.75 Å². The van der Waals surface area contributed by atoms with Crippen LogP contribution in [0.1, 0.15) is 25.0 Å². The van der Waals surface area contributed by atoms with Crippen LogP contribution in [0.2, 0.25) is 0 Å². The molecule has 1 atom stereocenters. The number of hydrogen-bond acceptors (Lipinski definition) is 3. The maximum Gasteiger partial charge on any atom is 0.119 e. The van der Waals surface area contributed by atoms with Crippen LogP contribution in [-0.4, -0.2) is 16.8 Å². The van der Waals surface area contributed by atoms with Crippen molar-refractivity contribution in [3.05, 3.63) is 29.3 Å². The molecule has 0 aliphatic carbocycles. The number of hydrogen-bond donors (Lipinski definition) is 3. The summed E-state index contributed by atoms with van der Waals surface area (Å²) >= 11 is 0. The van der Waals surface area contributed by atoms with E-state index in [0.717, 1.165) is 11.1 Å². The summed E-state index contributed by atoms with van der Waals surface area (Å²) in [6.07, 6.45) is 0.703. The predicted octanol–water partition coefficient (Wildman–Crippen LogP) is 1.12. The second kappa shape index (κ2) is 3.98. The maximum absolute atomic E-state index is 9.61. The van der Waals surface area contributed by atoms with E-state index in [4.69, 9.17) is 10.8 Å². The molecular weight excluding hydrogens is 178 g/mol. The average Bonchev–Trinajstić information content (AvgIpc) is 2.17. The molecule has 3 heteroatoms. The third kappa shape index (κ3) is 1.89. The Balaban J connectivity index is 3.27. The number of nitrogens with two attached hydrogens (primary N) is 1. The van der Waals surface area contributed by atoms with E-state index in [1.807, 2.05) is 13.0 Å². The first-order chi connectivity index (χ1) is 6.53. The molecular formula is C11H17NO2. The molecule has 0 amide bonds. The Morgan fingerprint density at radius 3 is 2.57 bits per heavy atom. The summed E-state index contributed by atoms with van der Waals surface area (Å²) in [5.74, 6) is 0.245. The highest BCUT2D eigenvalue weighted by atomic mass is 16.3. The molecule has 78 valence electrons. The van der Waals surface area contributed by atoms with E-state index < -0.39 is 5.54 Å². The molecule has 1 rings (SSSR count). The highest BCUT2D eigenvalue weighted by Gasteiger charge is 2.23. The molecule has 0 saturated heterocycles. The van der Waals surface area contributed by atoms with Crippen LogP contribution in [0.3, 0.4) is 0 Å². The summed E-state index contributed by atoms with van der Waals surface area (Å²) < 4.78 is 0. The quantitative estimate of drug-likeness (QED) is 0.677. The SMILES string of the molecule is CCc1c(O)cccc1[C@](C)(N)CO. The van der Waals surface area contributed by atoms with Crippen LogP contribution in [-0.2, 0) is 12.0 Å². The van der Waals surface area contributed by atoms with E-state index in [0.29, 0.717) is 6.42 Å². The molecule has 0 bridgehead atoms. The molecule has 1 aromatic rings. The van der Waals surface area contributed by atoms with Crippen molar-refractivity contribution in [2.45, 2.75) is 25.8 Å². The minimum atomic E-state index is -0.788. The van der Waals surface area contributed by atoms with Crippen LogP contribution in [0.4, 0.5) is 0 Å². The van der Waals surface area contributed by atoms with E-state index in [2.05, 4.69) is 0 Å². The van der Waals surface area contributed by atoms with Gasteiger partial charge in [-0.05, 0) is 30.5 Å². The van der Waals surface area contributed by atoms with Crippen LogP contribution in [0, 0.1) is 0 Å². The van der Waals surface area contributed by atoms with Crippen LogP contribution in [0.25, 0.3) is 0 Å². The Bertz CT molecular complexity index is 321. The lowest BCUT2D eigenvalue weighted by atomic mass is 9.88. The van der Waals surface area contributed by atoms with Gasteiger partial charge in [0.05, 0.1) is 12.1 Å². The standard InChI is InChI=1S/C11H17NO2/c1-3-8-9(11(2,12)7-13)5-4-6-10(8)14/h4-6,13-14H,3,7,12H2,1-2H3/t11-/m1/s1. The average molecular weight is 195 g/mol. The fraction of sp³-hybridized carbons (Fsp3) is 0.455. The molecule has 0 heterocycles. The van der Waals surface area contributed by atoms with Gasteiger partial charge in [-0.15, -0.1) is 0 Å². The Kier molecular flexibility index (Phi) is 3.13. The van der Waals surface area contributed by atoms with Crippen molar-refractivity contribution in [2.75, 3.05) is 6.61 Å². The summed E-state index contributed by atoms with van der Waals surface area (Å²) in [4.78, 5) is 0. The molecule has 0 aromatic heterocycles. The second-order valence-electron chi connectivity index (χ2n) is 3.73. The van der Waals surface area contributed by atoms with Gasteiger partial charge in [0.2, 0.25) is 0 Å². The van der Waals surface area contributed by atoms with Gasteiger partial charge in [-0.1, -0.05) is 19.1 Å². The number of rotatable bonds is 3. The van der Waals surface area contributed by atoms with Gasteiger partial charge in [0.15, 0.2) is 0 Å². The van der Waals surface area contributed by atoms with E-state index in [1.165, 1.54) is 0 Å². The van der Waals surface area contributed by atoms with Crippen molar-refractivity contribution < 1.29 is 10.2 Å². The van der Waals surface area contributed by atoms with Gasteiger partial charge >= 0.3 is 0 Å². The Labute approximate surface area is 84.2 Å². The molecule has 3 nitrogen and oxygen atoms in total. The van der Waals surface area contributed by atoms with Crippen molar-refractivity contribution in [3.63, 3.8) is 0 Å². The Morgan fingerprint density at radius 2 is 2.07 bits per heavy atom. The zero-order chi connectivity index (χ0) is 10.8. The molecule has 0 radical (unpaired) electrons. The Hall–Kier alpha value is -1.06. The van der Waals surface area contributed by atoms with E-state index >= 15 is 0 Å². The van der Waals surface area contributed by atoms with Gasteiger partial charge < -0.3 is 15.9 Å². The number of aliphatic hydroxyl groups excluding tert-OH is 1. The highest BCUT2D eigenvalue weighted by Crippen LogP contribution is 2.28. The molecule has 4 N–H and O–H groups in total. The largest absolute Gasteiger partial charge is 0.508 e. The van der Waals surface area contributed by atoms with Crippen LogP contribution in [0.15, 0.2) is 18.2 Å². The normalized spacial score (nSPS) is 15.1. The minimum absolute atomic E-state index is 0.135. The van der Waals surface area contributed by atoms with Crippen molar-refractivity contribution in [1.82, 2.24) is 0 Å². The number of phenolic OH excluding ortho intramolecular Hbond substituents is 1. The monoisotopic (exact) mass is 195 g/mol. The second-order valence-corrected chi connectivity index (χ2v) is 3.73. The van der Waals surface area contributed by atoms with Crippen LogP contribution < -0.4 is 5.73 Å². The van der Waals surface area contributed by atoms with Crippen LogP contribution >= 0.6 is 0 Å². The fourth-order valence-electron chi connectivity index (χ4n) is 1.57. The molecule has 1 aromatic carbocycles. The smallest absolute Gasteiger partial charge is 0.119 e. The van der Waals surface area contributed by atoms with Crippen molar-refractivity contribution in [2.24, 2.45) is 5.73 Å². The van der Waals surface area contributed by atoms with E-state index in [1.54, 1.807) is 19.1 Å². The molecule has 0 aliphatic heterocycles. The summed E-state index contributed by atoms with van der Waals surface area (Å²) in [6.45, 7) is 3.57. The minimum Gasteiger partial charge on any atom is -0.508 e. The Morgan fingerprint density at radius 1 is 1.43 bits per heavy atom. The topological polar surface area (TPSA) is 66.5 Å². The molecule has 14 heavy (non-hydrogen) atoms. The lowest BCUT2D eigenvalue weighted by molar-refractivity contribution is 0.209. The summed E-state index contributed by atoms with van der Waals surface area (Å²) in [6, 6.07) is 5.22. The molecule has 0 unspecified atom stereocenters. The van der Waals surface area contributed by atoms with Crippen molar-refractivity contribution >= 4 is 0 Å². The third-order valence-corrected chi connectivity index (χ3v) is 2.45. The van der Waals surface area contributed by atoms with Gasteiger partial charge in [-0.25, -0.2) is 0 Å². The van der Waals surface area contributed by atoms with Crippen molar-refractivity contribution in [1.29, 1.82) is 0 Å². The van der Waals surface area contributed by atoms with Crippen molar-refractivity contribution in [3.8, 4) is 5.75 Å². The zero-order valence-electron chi connectivity index (χ0n) is 8.62. The van der Waals surface area contributed by atoms with Gasteiger partial charge in [-0.3, -0.25) is 0 Å². The predicted molar refractivity (Wildman–Crippen MR) is 56.1 cm³/mol. The first-order valence-electron chi connectivity index (χ1n) is 4.74. The molecule has 0 spiro atoms. The summed E-state index contributed by atoms with van der Waals surface area (Å²) in [7, 11) is 0. The lowest BCUT2D eigenvalue weighted by Crippen LogP contribution is -2.37. The van der Waals surface area contributed by atoms with Gasteiger partial charge in [-0.2, -0.15) is 0 Å². The zero-order valence-corrected chi connectivity index (χ0v) is 8.62. The fourth-order valence-corrected chi connectivity index (χ4v) is 1.57. The number of aromatic hydroxyl groups is 1. The molecule has 0 aliphatic rings. The maximum atomic E-state index is 9.61.